The first-order valence-electron chi connectivity index (χ1n) is 13.9. The second-order valence-corrected chi connectivity index (χ2v) is 12.8. The van der Waals surface area contributed by atoms with Crippen molar-refractivity contribution in [3.05, 3.63) is 65.5 Å². The Morgan fingerprint density at radius 3 is 2.52 bits per heavy atom. The second-order valence-electron chi connectivity index (χ2n) is 12.8. The third-order valence-electron chi connectivity index (χ3n) is 9.76. The van der Waals surface area contributed by atoms with Crippen molar-refractivity contribution >= 4 is 17.4 Å². The number of anilines is 1. The molecule has 0 amide bonds. The van der Waals surface area contributed by atoms with E-state index in [1.165, 1.54) is 0 Å². The zero-order valence-corrected chi connectivity index (χ0v) is 24.1. The highest BCUT2D eigenvalue weighted by Gasteiger charge is 2.72. The van der Waals surface area contributed by atoms with Gasteiger partial charge in [0.25, 0.3) is 0 Å². The molecule has 9 heteroatoms. The number of fused-ring (bicyclic) bond motifs is 3. The fourth-order valence-electron chi connectivity index (χ4n) is 7.00. The molecule has 2 fully saturated rings. The number of Topliss-reactive ketones (excluding diaryl/α,β-unsaturated/α-hetero) is 1. The Balaban J connectivity index is 1.61. The first-order chi connectivity index (χ1) is 18.7. The number of esters is 1. The van der Waals surface area contributed by atoms with Crippen LogP contribution in [0.5, 0.6) is 0 Å². The van der Waals surface area contributed by atoms with Crippen LogP contribution in [0, 0.1) is 22.7 Å². The van der Waals surface area contributed by atoms with Gasteiger partial charge in [0.2, 0.25) is 0 Å². The van der Waals surface area contributed by atoms with Gasteiger partial charge in [0.15, 0.2) is 29.0 Å². The zero-order chi connectivity index (χ0) is 29.3. The molecule has 1 aromatic rings. The number of hydrazine groups is 1. The molecule has 5 N–H and O–H groups in total. The summed E-state index contributed by atoms with van der Waals surface area (Å²) in [5.41, 5.74) is 3.89. The summed E-state index contributed by atoms with van der Waals surface area (Å²) in [6.45, 7) is 11.9. The highest BCUT2D eigenvalue weighted by atomic mass is 16.7. The lowest BCUT2D eigenvalue weighted by Crippen LogP contribution is -2.66. The van der Waals surface area contributed by atoms with Crippen molar-refractivity contribution in [2.75, 3.05) is 11.6 Å². The lowest BCUT2D eigenvalue weighted by molar-refractivity contribution is -0.301. The summed E-state index contributed by atoms with van der Waals surface area (Å²) in [4.78, 5) is 28.3. The van der Waals surface area contributed by atoms with Gasteiger partial charge in [-0.2, -0.15) is 0 Å². The first-order valence-corrected chi connectivity index (χ1v) is 13.9. The second kappa shape index (κ2) is 9.55. The van der Waals surface area contributed by atoms with Crippen LogP contribution in [-0.4, -0.2) is 47.1 Å². The molecule has 3 aliphatic carbocycles. The SMILES string of the molecule is CC1=CC23CCC(C)C(C)(C)C(C=C4COC(C)(C)OC4C2(O)C1OC(=O)/C(=C/N)N(N)c1ccccc1)C3=O. The van der Waals surface area contributed by atoms with Gasteiger partial charge in [-0.1, -0.05) is 51.1 Å². The largest absolute Gasteiger partial charge is 0.450 e. The quantitative estimate of drug-likeness (QED) is 0.169. The molecule has 1 aromatic carbocycles. The van der Waals surface area contributed by atoms with E-state index in [1.807, 2.05) is 18.2 Å². The molecular weight excluding hydrogens is 510 g/mol. The highest BCUT2D eigenvalue weighted by molar-refractivity contribution is 5.96. The van der Waals surface area contributed by atoms with Gasteiger partial charge in [-0.15, -0.1) is 0 Å². The molecule has 0 aromatic heterocycles. The maximum Gasteiger partial charge on any atom is 0.358 e. The molecule has 0 radical (unpaired) electrons. The third kappa shape index (κ3) is 4.05. The summed E-state index contributed by atoms with van der Waals surface area (Å²) in [6, 6.07) is 8.85. The van der Waals surface area contributed by atoms with Crippen LogP contribution >= 0.6 is 0 Å². The molecule has 6 atom stereocenters. The summed E-state index contributed by atoms with van der Waals surface area (Å²) in [7, 11) is 0. The molecule has 1 spiro atoms. The van der Waals surface area contributed by atoms with Crippen molar-refractivity contribution in [3.8, 4) is 0 Å². The average molecular weight is 552 g/mol. The van der Waals surface area contributed by atoms with E-state index in [0.717, 1.165) is 11.2 Å². The van der Waals surface area contributed by atoms with Crippen LogP contribution in [0.3, 0.4) is 0 Å². The molecule has 1 aliphatic heterocycles. The number of carbonyl (C=O) groups excluding carboxylic acids is 2. The van der Waals surface area contributed by atoms with E-state index in [2.05, 4.69) is 20.8 Å². The Morgan fingerprint density at radius 2 is 1.88 bits per heavy atom. The van der Waals surface area contributed by atoms with Crippen LogP contribution in [0.25, 0.3) is 0 Å². The fraction of sp³-hybridized carbons (Fsp3) is 0.548. The number of rotatable bonds is 4. The Labute approximate surface area is 235 Å². The minimum Gasteiger partial charge on any atom is -0.450 e. The molecule has 216 valence electrons. The molecular formula is C31H41N3O6. The van der Waals surface area contributed by atoms with Crippen LogP contribution in [0.1, 0.15) is 54.4 Å². The molecule has 1 heterocycles. The average Bonchev–Trinajstić information content (AvgIpc) is 3.05. The van der Waals surface area contributed by atoms with E-state index in [1.54, 1.807) is 45.0 Å². The van der Waals surface area contributed by atoms with Crippen molar-refractivity contribution in [2.45, 2.75) is 78.0 Å². The number of aliphatic hydroxyl groups is 1. The monoisotopic (exact) mass is 551 g/mol. The number of hydrogen-bond donors (Lipinski definition) is 3. The van der Waals surface area contributed by atoms with Crippen molar-refractivity contribution < 1.29 is 28.9 Å². The van der Waals surface area contributed by atoms with E-state index in [4.69, 9.17) is 25.8 Å². The number of allylic oxidation sites excluding steroid dienone is 1. The first kappa shape index (κ1) is 28.5. The molecule has 40 heavy (non-hydrogen) atoms. The van der Waals surface area contributed by atoms with Gasteiger partial charge in [-0.05, 0) is 68.2 Å². The third-order valence-corrected chi connectivity index (χ3v) is 9.76. The minimum atomic E-state index is -1.92. The van der Waals surface area contributed by atoms with Crippen LogP contribution in [0.15, 0.2) is 65.5 Å². The maximum atomic E-state index is 14.6. The van der Waals surface area contributed by atoms with Crippen molar-refractivity contribution in [1.29, 1.82) is 0 Å². The van der Waals surface area contributed by atoms with Gasteiger partial charge >= 0.3 is 5.97 Å². The number of hydrogen-bond acceptors (Lipinski definition) is 9. The topological polar surface area (TPSA) is 137 Å². The predicted octanol–water partition coefficient (Wildman–Crippen LogP) is 3.49. The van der Waals surface area contributed by atoms with E-state index in [9.17, 15) is 14.7 Å². The summed E-state index contributed by atoms with van der Waals surface area (Å²) in [6.07, 6.45) is 3.79. The standard InChI is InChI=1S/C31H41N3O6/c1-18-15-30-13-12-19(2)28(3,4)22(24(30)35)14-20-17-38-29(5,6)40-26(20)31(30,37)25(18)39-27(36)23(16-32)34(33)21-10-8-7-9-11-21/h7-11,14-16,19,22,25-26,37H,12-13,17,32-33H2,1-6H3/b23-16-. The molecule has 4 aliphatic rings. The van der Waals surface area contributed by atoms with E-state index >= 15 is 0 Å². The Kier molecular flexibility index (Phi) is 6.81. The Bertz CT molecular complexity index is 1300. The number of nitrogens with two attached hydrogens (primary N) is 2. The number of carbonyl (C=O) groups is 2. The molecule has 1 saturated carbocycles. The molecule has 1 saturated heterocycles. The van der Waals surface area contributed by atoms with Gasteiger partial charge in [-0.3, -0.25) is 9.80 Å². The number of ketones is 1. The summed E-state index contributed by atoms with van der Waals surface area (Å²) >= 11 is 0. The molecule has 6 unspecified atom stereocenters. The predicted molar refractivity (Wildman–Crippen MR) is 150 cm³/mol. The van der Waals surface area contributed by atoms with Gasteiger partial charge in [0, 0.05) is 12.1 Å². The van der Waals surface area contributed by atoms with Crippen LogP contribution in [-0.2, 0) is 23.8 Å². The fourth-order valence-corrected chi connectivity index (χ4v) is 7.00. The van der Waals surface area contributed by atoms with E-state index < -0.39 is 40.9 Å². The van der Waals surface area contributed by atoms with Gasteiger partial charge < -0.3 is 25.1 Å². The number of nitrogens with zero attached hydrogens (tertiary/aromatic N) is 1. The smallest absolute Gasteiger partial charge is 0.358 e. The molecule has 5 rings (SSSR count). The van der Waals surface area contributed by atoms with Gasteiger partial charge in [0.05, 0.1) is 17.7 Å². The van der Waals surface area contributed by atoms with Gasteiger partial charge in [-0.25, -0.2) is 10.6 Å². The van der Waals surface area contributed by atoms with Crippen LogP contribution < -0.4 is 16.6 Å². The number of benzene rings is 1. The highest BCUT2D eigenvalue weighted by Crippen LogP contribution is 2.62. The van der Waals surface area contributed by atoms with E-state index in [-0.39, 0.29) is 29.4 Å². The van der Waals surface area contributed by atoms with Crippen molar-refractivity contribution in [2.24, 2.45) is 34.2 Å². The molecule has 2 bridgehead atoms. The van der Waals surface area contributed by atoms with Crippen LogP contribution in [0.2, 0.25) is 0 Å². The summed E-state index contributed by atoms with van der Waals surface area (Å²) in [5.74, 6) is 4.01. The lowest BCUT2D eigenvalue weighted by Gasteiger charge is -2.51. The number of para-hydroxylation sites is 1. The number of ether oxygens (including phenoxy) is 3. The van der Waals surface area contributed by atoms with E-state index in [0.29, 0.717) is 29.7 Å². The zero-order valence-electron chi connectivity index (χ0n) is 24.1. The van der Waals surface area contributed by atoms with Gasteiger partial charge in [0.1, 0.15) is 6.10 Å². The normalized spacial score (nSPS) is 36.3. The summed E-state index contributed by atoms with van der Waals surface area (Å²) in [5, 5.41) is 14.1. The Hall–Kier alpha value is -2.98. The molecule has 9 nitrogen and oxygen atoms in total. The Morgan fingerprint density at radius 1 is 1.20 bits per heavy atom. The summed E-state index contributed by atoms with van der Waals surface area (Å²) < 4.78 is 18.5. The van der Waals surface area contributed by atoms with Crippen molar-refractivity contribution in [1.82, 2.24) is 0 Å². The maximum absolute atomic E-state index is 14.6. The lowest BCUT2D eigenvalue weighted by atomic mass is 9.63. The van der Waals surface area contributed by atoms with Crippen molar-refractivity contribution in [3.63, 3.8) is 0 Å². The minimum absolute atomic E-state index is 0.0927. The van der Waals surface area contributed by atoms with Crippen LogP contribution in [0.4, 0.5) is 5.69 Å².